The van der Waals surface area contributed by atoms with Crippen LogP contribution in [0.15, 0.2) is 12.3 Å². The Morgan fingerprint density at radius 1 is 1.32 bits per heavy atom. The highest BCUT2D eigenvalue weighted by Gasteiger charge is 2.31. The van der Waals surface area contributed by atoms with E-state index in [9.17, 15) is 13.2 Å². The number of hydrogen-bond acceptors (Lipinski definition) is 4. The van der Waals surface area contributed by atoms with E-state index in [0.717, 1.165) is 12.3 Å². The molecule has 0 aromatic carbocycles. The van der Waals surface area contributed by atoms with Crippen LogP contribution in [0.5, 0.6) is 0 Å². The smallest absolute Gasteiger partial charge is 0.383 e. The third-order valence-corrected chi connectivity index (χ3v) is 2.53. The summed E-state index contributed by atoms with van der Waals surface area (Å²) in [6.07, 6.45) is -3.68. The lowest BCUT2D eigenvalue weighted by atomic mass is 10.3. The van der Waals surface area contributed by atoms with Gasteiger partial charge in [-0.2, -0.15) is 13.2 Å². The van der Waals surface area contributed by atoms with Crippen LogP contribution in [-0.4, -0.2) is 38.3 Å². The van der Waals surface area contributed by atoms with E-state index in [1.54, 1.807) is 7.11 Å². The Hall–Kier alpha value is -1.05. The van der Waals surface area contributed by atoms with Gasteiger partial charge in [-0.1, -0.05) is 11.6 Å². The molecule has 1 aromatic heterocycles. The number of anilines is 1. The van der Waals surface area contributed by atoms with Crippen LogP contribution in [0, 0.1) is 0 Å². The molecule has 0 atom stereocenters. The molecule has 108 valence electrons. The van der Waals surface area contributed by atoms with Crippen molar-refractivity contribution in [2.24, 2.45) is 0 Å². The third kappa shape index (κ3) is 5.63. The molecule has 0 aliphatic heterocycles. The van der Waals surface area contributed by atoms with Crippen molar-refractivity contribution in [3.63, 3.8) is 0 Å². The quantitative estimate of drug-likeness (QED) is 0.759. The van der Waals surface area contributed by atoms with Gasteiger partial charge in [0.1, 0.15) is 5.82 Å². The van der Waals surface area contributed by atoms with Crippen LogP contribution in [0.4, 0.5) is 19.0 Å². The minimum atomic E-state index is -4.43. The molecule has 19 heavy (non-hydrogen) atoms. The molecule has 1 heterocycles. The normalized spacial score (nSPS) is 11.6. The first-order chi connectivity index (χ1) is 8.95. The zero-order valence-electron chi connectivity index (χ0n) is 10.4. The number of halogens is 4. The standard InChI is InChI=1S/C11H15ClF3N3O/c1-19-5-4-16-2-3-17-10-9(12)6-8(7-18-10)11(13,14)15/h6-7,16H,2-5H2,1H3,(H,17,18). The molecule has 1 rings (SSSR count). The second-order valence-corrected chi connectivity index (χ2v) is 4.13. The first-order valence-corrected chi connectivity index (χ1v) is 5.99. The van der Waals surface area contributed by atoms with Gasteiger partial charge in [-0.15, -0.1) is 0 Å². The van der Waals surface area contributed by atoms with Gasteiger partial charge in [-0.3, -0.25) is 0 Å². The van der Waals surface area contributed by atoms with Crippen LogP contribution < -0.4 is 10.6 Å². The van der Waals surface area contributed by atoms with Crippen LogP contribution in [0.2, 0.25) is 5.02 Å². The molecule has 0 amide bonds. The molecule has 4 nitrogen and oxygen atoms in total. The Morgan fingerprint density at radius 2 is 2.05 bits per heavy atom. The highest BCUT2D eigenvalue weighted by atomic mass is 35.5. The van der Waals surface area contributed by atoms with Gasteiger partial charge in [0.25, 0.3) is 0 Å². The summed E-state index contributed by atoms with van der Waals surface area (Å²) in [6, 6.07) is 0.856. The van der Waals surface area contributed by atoms with Crippen molar-refractivity contribution < 1.29 is 17.9 Å². The van der Waals surface area contributed by atoms with Crippen LogP contribution in [0.1, 0.15) is 5.56 Å². The van der Waals surface area contributed by atoms with Crippen LogP contribution in [0.25, 0.3) is 0 Å². The lowest BCUT2D eigenvalue weighted by molar-refractivity contribution is -0.137. The molecule has 0 aliphatic carbocycles. The van der Waals surface area contributed by atoms with E-state index in [1.807, 2.05) is 0 Å². The first kappa shape index (κ1) is 16.0. The van der Waals surface area contributed by atoms with Crippen molar-refractivity contribution in [3.05, 3.63) is 22.8 Å². The first-order valence-electron chi connectivity index (χ1n) is 5.61. The van der Waals surface area contributed by atoms with Crippen LogP contribution in [0.3, 0.4) is 0 Å². The molecule has 0 bridgehead atoms. The topological polar surface area (TPSA) is 46.2 Å². The monoisotopic (exact) mass is 297 g/mol. The Kier molecular flexibility index (Phi) is 6.33. The number of aromatic nitrogens is 1. The number of nitrogens with zero attached hydrogens (tertiary/aromatic N) is 1. The van der Waals surface area contributed by atoms with E-state index in [4.69, 9.17) is 16.3 Å². The van der Waals surface area contributed by atoms with E-state index < -0.39 is 11.7 Å². The summed E-state index contributed by atoms with van der Waals surface area (Å²) in [6.45, 7) is 2.43. The fourth-order valence-corrected chi connectivity index (χ4v) is 1.52. The second kappa shape index (κ2) is 7.52. The molecule has 8 heteroatoms. The highest BCUT2D eigenvalue weighted by Crippen LogP contribution is 2.32. The Morgan fingerprint density at radius 3 is 2.63 bits per heavy atom. The number of pyridine rings is 1. The lowest BCUT2D eigenvalue weighted by Gasteiger charge is -2.11. The fourth-order valence-electron chi connectivity index (χ4n) is 1.29. The van der Waals surface area contributed by atoms with Gasteiger partial charge in [0.15, 0.2) is 0 Å². The summed E-state index contributed by atoms with van der Waals surface area (Å²) in [5.74, 6) is 0.239. The Bertz CT molecular complexity index is 401. The number of rotatable bonds is 7. The zero-order chi connectivity index (χ0) is 14.3. The number of alkyl halides is 3. The molecular formula is C11H15ClF3N3O. The maximum atomic E-state index is 12.4. The summed E-state index contributed by atoms with van der Waals surface area (Å²) >= 11 is 5.73. The summed E-state index contributed by atoms with van der Waals surface area (Å²) in [5, 5.41) is 5.88. The van der Waals surface area contributed by atoms with Crippen molar-refractivity contribution in [2.75, 3.05) is 38.7 Å². The molecule has 0 unspecified atom stereocenters. The SMILES string of the molecule is COCCNCCNc1ncc(C(F)(F)F)cc1Cl. The van der Waals surface area contributed by atoms with Crippen molar-refractivity contribution >= 4 is 17.4 Å². The highest BCUT2D eigenvalue weighted by molar-refractivity contribution is 6.32. The molecule has 2 N–H and O–H groups in total. The van der Waals surface area contributed by atoms with Gasteiger partial charge in [-0.05, 0) is 6.07 Å². The van der Waals surface area contributed by atoms with Gasteiger partial charge >= 0.3 is 6.18 Å². The Balaban J connectivity index is 2.43. The molecule has 0 aliphatic rings. The zero-order valence-corrected chi connectivity index (χ0v) is 11.1. The van der Waals surface area contributed by atoms with Crippen molar-refractivity contribution in [1.82, 2.24) is 10.3 Å². The van der Waals surface area contributed by atoms with Crippen molar-refractivity contribution in [3.8, 4) is 0 Å². The summed E-state index contributed by atoms with van der Waals surface area (Å²) in [5.41, 5.74) is -0.860. The Labute approximate surface area is 114 Å². The largest absolute Gasteiger partial charge is 0.417 e. The average Bonchev–Trinajstić information content (AvgIpc) is 2.34. The van der Waals surface area contributed by atoms with Crippen LogP contribution in [-0.2, 0) is 10.9 Å². The van der Waals surface area contributed by atoms with Gasteiger partial charge in [-0.25, -0.2) is 4.98 Å². The van der Waals surface area contributed by atoms with E-state index >= 15 is 0 Å². The van der Waals surface area contributed by atoms with Crippen LogP contribution >= 0.6 is 11.6 Å². The number of ether oxygens (including phenoxy) is 1. The van der Waals surface area contributed by atoms with Gasteiger partial charge in [0.2, 0.25) is 0 Å². The van der Waals surface area contributed by atoms with Crippen molar-refractivity contribution in [1.29, 1.82) is 0 Å². The van der Waals surface area contributed by atoms with Gasteiger partial charge in [0.05, 0.1) is 17.2 Å². The number of methoxy groups -OCH3 is 1. The molecule has 0 saturated carbocycles. The average molecular weight is 298 g/mol. The fraction of sp³-hybridized carbons (Fsp3) is 0.545. The van der Waals surface area contributed by atoms with E-state index in [1.165, 1.54) is 0 Å². The van der Waals surface area contributed by atoms with E-state index in [0.29, 0.717) is 26.2 Å². The summed E-state index contributed by atoms with van der Waals surface area (Å²) < 4.78 is 42.0. The molecular weight excluding hydrogens is 283 g/mol. The lowest BCUT2D eigenvalue weighted by Crippen LogP contribution is -2.25. The van der Waals surface area contributed by atoms with Gasteiger partial charge in [0, 0.05) is 32.9 Å². The summed E-state index contributed by atoms with van der Waals surface area (Å²) in [4.78, 5) is 3.66. The third-order valence-electron chi connectivity index (χ3n) is 2.25. The minimum Gasteiger partial charge on any atom is -0.383 e. The molecule has 0 spiro atoms. The van der Waals surface area contributed by atoms with E-state index in [-0.39, 0.29) is 10.8 Å². The predicted octanol–water partition coefficient (Wildman–Crippen LogP) is 2.40. The van der Waals surface area contributed by atoms with Crippen molar-refractivity contribution in [2.45, 2.75) is 6.18 Å². The molecule has 0 fully saturated rings. The predicted molar refractivity (Wildman–Crippen MR) is 67.5 cm³/mol. The number of hydrogen-bond donors (Lipinski definition) is 2. The maximum absolute atomic E-state index is 12.4. The molecule has 1 aromatic rings. The second-order valence-electron chi connectivity index (χ2n) is 3.72. The minimum absolute atomic E-state index is 0.0493. The summed E-state index contributed by atoms with van der Waals surface area (Å²) in [7, 11) is 1.60. The number of nitrogens with one attached hydrogen (secondary N) is 2. The molecule has 0 saturated heterocycles. The van der Waals surface area contributed by atoms with E-state index in [2.05, 4.69) is 15.6 Å². The van der Waals surface area contributed by atoms with Gasteiger partial charge < -0.3 is 15.4 Å². The maximum Gasteiger partial charge on any atom is 0.417 e. The molecule has 0 radical (unpaired) electrons.